The van der Waals surface area contributed by atoms with Gasteiger partial charge in [0.1, 0.15) is 5.03 Å². The van der Waals surface area contributed by atoms with Gasteiger partial charge in [-0.15, -0.1) is 11.8 Å². The molecule has 114 valence electrons. The topological polar surface area (TPSA) is 25.8 Å². The van der Waals surface area contributed by atoms with Crippen LogP contribution in [0.2, 0.25) is 0 Å². The first-order valence-corrected chi connectivity index (χ1v) is 6.21. The first-order chi connectivity index (χ1) is 9.76. The van der Waals surface area contributed by atoms with Gasteiger partial charge in [0.25, 0.3) is 11.9 Å². The van der Waals surface area contributed by atoms with Crippen LogP contribution in [-0.4, -0.2) is 16.2 Å². The van der Waals surface area contributed by atoms with E-state index >= 15 is 0 Å². The zero-order chi connectivity index (χ0) is 16.2. The number of hydrogen-bond donors (Lipinski definition) is 0. The van der Waals surface area contributed by atoms with Gasteiger partial charge in [0.2, 0.25) is 5.95 Å². The van der Waals surface area contributed by atoms with Crippen molar-refractivity contribution in [1.82, 2.24) is 9.97 Å². The molecule has 0 spiro atoms. The number of pyridine rings is 2. The van der Waals surface area contributed by atoms with Gasteiger partial charge in [-0.2, -0.15) is 18.2 Å². The minimum absolute atomic E-state index is 0.0949. The summed E-state index contributed by atoms with van der Waals surface area (Å²) in [6.07, 6.45) is 1.53. The fourth-order valence-corrected chi connectivity index (χ4v) is 1.42. The van der Waals surface area contributed by atoms with Crippen LogP contribution >= 0.6 is 11.8 Å². The predicted octanol–water partition coefficient (Wildman–Crippen LogP) is 3.86. The highest BCUT2D eigenvalue weighted by Crippen LogP contribution is 2.17. The van der Waals surface area contributed by atoms with Crippen molar-refractivity contribution in [2.75, 3.05) is 6.26 Å². The standard InChI is InChI=1S/C6H4F3NS.C5HF4N/c1-11-6-4(8)2-3(7)5(9)10-6;6-2-1-3(7)5(9)10-4(2)8/h2H,1H3;1H. The Kier molecular flexibility index (Phi) is 5.94. The molecule has 10 heteroatoms. The third-order valence-corrected chi connectivity index (χ3v) is 2.56. The third-order valence-electron chi connectivity index (χ3n) is 1.89. The zero-order valence-corrected chi connectivity index (χ0v) is 10.9. The van der Waals surface area contributed by atoms with E-state index in [1.807, 2.05) is 0 Å². The summed E-state index contributed by atoms with van der Waals surface area (Å²) in [5.74, 6) is -9.65. The summed E-state index contributed by atoms with van der Waals surface area (Å²) in [6.45, 7) is 0. The van der Waals surface area contributed by atoms with Gasteiger partial charge in [0.05, 0.1) is 0 Å². The molecule has 0 N–H and O–H groups in total. The van der Waals surface area contributed by atoms with E-state index in [0.29, 0.717) is 6.07 Å². The molecule has 21 heavy (non-hydrogen) atoms. The highest BCUT2D eigenvalue weighted by atomic mass is 32.2. The summed E-state index contributed by atoms with van der Waals surface area (Å²) in [6, 6.07) is 0.575. The quantitative estimate of drug-likeness (QED) is 0.451. The molecule has 2 aromatic heterocycles. The van der Waals surface area contributed by atoms with Crippen LogP contribution in [0.3, 0.4) is 0 Å². The summed E-state index contributed by atoms with van der Waals surface area (Å²) in [5.41, 5.74) is 0. The lowest BCUT2D eigenvalue weighted by Gasteiger charge is -1.97. The van der Waals surface area contributed by atoms with Crippen molar-refractivity contribution in [3.63, 3.8) is 0 Å². The number of aromatic nitrogens is 2. The normalized spacial score (nSPS) is 10.1. The largest absolute Gasteiger partial charge is 0.251 e. The molecule has 0 unspecified atom stereocenters. The smallest absolute Gasteiger partial charge is 0.208 e. The molecule has 2 nitrogen and oxygen atoms in total. The van der Waals surface area contributed by atoms with E-state index in [-0.39, 0.29) is 11.1 Å². The molecule has 0 bridgehead atoms. The maximum atomic E-state index is 12.5. The Hall–Kier alpha value is -1.84. The van der Waals surface area contributed by atoms with Crippen molar-refractivity contribution in [2.45, 2.75) is 5.03 Å². The first kappa shape index (κ1) is 17.2. The summed E-state index contributed by atoms with van der Waals surface area (Å²) in [4.78, 5) is 5.33. The number of rotatable bonds is 1. The number of halogens is 7. The van der Waals surface area contributed by atoms with Crippen LogP contribution in [0.4, 0.5) is 30.7 Å². The number of thioether (sulfide) groups is 1. The Morgan fingerprint density at radius 2 is 1.05 bits per heavy atom. The molecular formula is C11H5F7N2S. The van der Waals surface area contributed by atoms with Crippen LogP contribution in [0.5, 0.6) is 0 Å². The van der Waals surface area contributed by atoms with E-state index in [2.05, 4.69) is 9.97 Å². The predicted molar refractivity (Wildman–Crippen MR) is 60.0 cm³/mol. The summed E-state index contributed by atoms with van der Waals surface area (Å²) in [5, 5.41) is -0.135. The molecule has 0 radical (unpaired) electrons. The second-order valence-electron chi connectivity index (χ2n) is 3.29. The van der Waals surface area contributed by atoms with E-state index in [1.165, 1.54) is 6.26 Å². The second kappa shape index (κ2) is 7.25. The van der Waals surface area contributed by atoms with Crippen molar-refractivity contribution in [1.29, 1.82) is 0 Å². The van der Waals surface area contributed by atoms with E-state index in [4.69, 9.17) is 0 Å². The Morgan fingerprint density at radius 3 is 1.43 bits per heavy atom. The fraction of sp³-hybridized carbons (Fsp3) is 0.0909. The number of hydrogen-bond acceptors (Lipinski definition) is 3. The first-order valence-electron chi connectivity index (χ1n) is 4.98. The fourth-order valence-electron chi connectivity index (χ4n) is 0.995. The Balaban J connectivity index is 0.000000211. The molecule has 2 heterocycles. The Bertz CT molecular complexity index is 601. The Labute approximate surface area is 118 Å². The maximum absolute atomic E-state index is 12.5. The molecule has 0 saturated carbocycles. The van der Waals surface area contributed by atoms with Crippen molar-refractivity contribution in [3.8, 4) is 0 Å². The minimum Gasteiger partial charge on any atom is -0.208 e. The van der Waals surface area contributed by atoms with E-state index in [1.54, 1.807) is 0 Å². The monoisotopic (exact) mass is 330 g/mol. The maximum Gasteiger partial charge on any atom is 0.251 e. The van der Waals surface area contributed by atoms with Crippen molar-refractivity contribution >= 4 is 11.8 Å². The van der Waals surface area contributed by atoms with Crippen LogP contribution in [-0.2, 0) is 0 Å². The van der Waals surface area contributed by atoms with E-state index < -0.39 is 41.1 Å². The van der Waals surface area contributed by atoms with Crippen molar-refractivity contribution in [2.24, 2.45) is 0 Å². The average Bonchev–Trinajstić information content (AvgIpc) is 2.41. The molecule has 0 aliphatic heterocycles. The summed E-state index contributed by atoms with van der Waals surface area (Å²) < 4.78 is 84.6. The summed E-state index contributed by atoms with van der Waals surface area (Å²) in [7, 11) is 0. The van der Waals surface area contributed by atoms with Crippen LogP contribution in [0.25, 0.3) is 0 Å². The third kappa shape index (κ3) is 4.59. The highest BCUT2D eigenvalue weighted by Gasteiger charge is 2.10. The highest BCUT2D eigenvalue weighted by molar-refractivity contribution is 7.98. The van der Waals surface area contributed by atoms with Crippen LogP contribution in [0.15, 0.2) is 17.2 Å². The zero-order valence-electron chi connectivity index (χ0n) is 10.1. The van der Waals surface area contributed by atoms with Gasteiger partial charge in [-0.3, -0.25) is 0 Å². The van der Waals surface area contributed by atoms with E-state index in [0.717, 1.165) is 11.8 Å². The lowest BCUT2D eigenvalue weighted by atomic mass is 10.4. The van der Waals surface area contributed by atoms with Crippen LogP contribution < -0.4 is 0 Å². The lowest BCUT2D eigenvalue weighted by molar-refractivity contribution is 0.407. The Morgan fingerprint density at radius 1 is 0.667 bits per heavy atom. The van der Waals surface area contributed by atoms with Gasteiger partial charge >= 0.3 is 0 Å². The van der Waals surface area contributed by atoms with Crippen LogP contribution in [0.1, 0.15) is 0 Å². The lowest BCUT2D eigenvalue weighted by Crippen LogP contribution is -1.96. The molecule has 0 amide bonds. The molecule has 0 saturated heterocycles. The van der Waals surface area contributed by atoms with Gasteiger partial charge < -0.3 is 0 Å². The molecule has 0 atom stereocenters. The van der Waals surface area contributed by atoms with Crippen molar-refractivity contribution in [3.05, 3.63) is 53.2 Å². The van der Waals surface area contributed by atoms with Gasteiger partial charge in [-0.1, -0.05) is 0 Å². The number of nitrogens with zero attached hydrogens (tertiary/aromatic N) is 2. The molecule has 2 aromatic rings. The van der Waals surface area contributed by atoms with Crippen molar-refractivity contribution < 1.29 is 30.7 Å². The molecule has 0 aliphatic carbocycles. The van der Waals surface area contributed by atoms with Gasteiger partial charge in [-0.05, 0) is 6.26 Å². The van der Waals surface area contributed by atoms with Gasteiger partial charge in [-0.25, -0.2) is 22.5 Å². The van der Waals surface area contributed by atoms with Gasteiger partial charge in [0, 0.05) is 12.1 Å². The van der Waals surface area contributed by atoms with Gasteiger partial charge in [0.15, 0.2) is 23.3 Å². The SMILES string of the molecule is CSc1nc(F)c(F)cc1F.Fc1cc(F)c(F)nc1F. The van der Waals surface area contributed by atoms with E-state index in [9.17, 15) is 30.7 Å². The average molecular weight is 330 g/mol. The molecular weight excluding hydrogens is 325 g/mol. The molecule has 0 aromatic carbocycles. The van der Waals surface area contributed by atoms with Crippen LogP contribution in [0, 0.1) is 41.1 Å². The molecule has 2 rings (SSSR count). The molecule has 0 fully saturated rings. The molecule has 0 aliphatic rings. The summed E-state index contributed by atoms with van der Waals surface area (Å²) >= 11 is 0.926. The second-order valence-corrected chi connectivity index (χ2v) is 4.08. The minimum atomic E-state index is -1.64.